The fraction of sp³-hybridized carbons (Fsp3) is 0.543. The van der Waals surface area contributed by atoms with E-state index in [1.165, 1.54) is 0 Å². The van der Waals surface area contributed by atoms with Crippen molar-refractivity contribution in [2.24, 2.45) is 11.8 Å². The summed E-state index contributed by atoms with van der Waals surface area (Å²) in [4.78, 5) is 59.9. The van der Waals surface area contributed by atoms with Crippen molar-refractivity contribution in [1.29, 1.82) is 0 Å². The molecule has 2 aromatic carbocycles. The number of amides is 6. The van der Waals surface area contributed by atoms with E-state index in [0.29, 0.717) is 69.5 Å². The monoisotopic (exact) mass is 785 g/mol. The van der Waals surface area contributed by atoms with Crippen molar-refractivity contribution < 1.29 is 19.2 Å². The third-order valence-electron chi connectivity index (χ3n) is 10.7. The molecule has 2 aromatic rings. The maximum absolute atomic E-state index is 14.1. The zero-order chi connectivity index (χ0) is 33.9. The number of hydrogen-bond donors (Lipinski definition) is 3. The van der Waals surface area contributed by atoms with Crippen LogP contribution < -0.4 is 16.4 Å². The first-order valence-corrected chi connectivity index (χ1v) is 18.6. The standard InChI is InChI=1S/C35H45Br2N7O4/c1-22(45)41-12-6-24(7-13-41)25-8-14-42(15-9-25)33(46)31(20-23-18-28(36)32(38)29(37)19-23)40-34(47)43-16-10-27(11-17-43)44-21-26-4-2-3-5-30(26)39-35(44)48/h2-5,18-19,24-25,27,31H,6-17,20-21,38H2,1H3,(H,39,48)(H,40,47)/t31-/m1/s1. The van der Waals surface area contributed by atoms with E-state index in [0.717, 1.165) is 64.5 Å². The van der Waals surface area contributed by atoms with E-state index in [2.05, 4.69) is 42.5 Å². The molecule has 0 bridgehead atoms. The molecule has 0 saturated carbocycles. The lowest BCUT2D eigenvalue weighted by Gasteiger charge is -2.41. The van der Waals surface area contributed by atoms with Gasteiger partial charge in [0, 0.05) is 79.8 Å². The van der Waals surface area contributed by atoms with Gasteiger partial charge in [0.25, 0.3) is 0 Å². The molecule has 4 aliphatic heterocycles. The zero-order valence-electron chi connectivity index (χ0n) is 27.4. The first kappa shape index (κ1) is 34.5. The summed E-state index contributed by atoms with van der Waals surface area (Å²) in [5, 5.41) is 6.09. The van der Waals surface area contributed by atoms with E-state index >= 15 is 0 Å². The number of carbonyl (C=O) groups excluding carboxylic acids is 4. The Morgan fingerprint density at radius 2 is 1.44 bits per heavy atom. The van der Waals surface area contributed by atoms with Crippen molar-refractivity contribution in [3.63, 3.8) is 0 Å². The van der Waals surface area contributed by atoms with Gasteiger partial charge < -0.3 is 36.0 Å². The molecule has 0 radical (unpaired) electrons. The van der Waals surface area contributed by atoms with Crippen molar-refractivity contribution in [3.05, 3.63) is 56.5 Å². The molecule has 258 valence electrons. The predicted octanol–water partition coefficient (Wildman–Crippen LogP) is 5.42. The van der Waals surface area contributed by atoms with Crippen LogP contribution in [0.15, 0.2) is 45.3 Å². The summed E-state index contributed by atoms with van der Waals surface area (Å²) in [6, 6.07) is 10.6. The molecule has 3 saturated heterocycles. The molecule has 0 aliphatic carbocycles. The summed E-state index contributed by atoms with van der Waals surface area (Å²) in [6.07, 6.45) is 5.55. The number of carbonyl (C=O) groups is 4. The van der Waals surface area contributed by atoms with Crippen LogP contribution in [-0.2, 0) is 22.6 Å². The van der Waals surface area contributed by atoms with Gasteiger partial charge in [0.15, 0.2) is 0 Å². The van der Waals surface area contributed by atoms with Gasteiger partial charge >= 0.3 is 12.1 Å². The molecule has 4 heterocycles. The van der Waals surface area contributed by atoms with E-state index in [1.54, 1.807) is 11.8 Å². The molecule has 4 N–H and O–H groups in total. The molecule has 0 aromatic heterocycles. The van der Waals surface area contributed by atoms with Crippen molar-refractivity contribution in [2.75, 3.05) is 50.3 Å². The number of nitrogens with zero attached hydrogens (tertiary/aromatic N) is 4. The molecule has 1 atom stereocenters. The SMILES string of the molecule is CC(=O)N1CCC(C2CCN(C(=O)[C@@H](Cc3cc(Br)c(N)c(Br)c3)NC(=O)N3CCC(N4Cc5ccccc5NC4=O)CC3)CC2)CC1. The van der Waals surface area contributed by atoms with Crippen molar-refractivity contribution in [1.82, 2.24) is 24.9 Å². The van der Waals surface area contributed by atoms with Gasteiger partial charge in [0.2, 0.25) is 11.8 Å². The number of urea groups is 2. The van der Waals surface area contributed by atoms with Gasteiger partial charge in [-0.1, -0.05) is 18.2 Å². The second kappa shape index (κ2) is 15.1. The highest BCUT2D eigenvalue weighted by Crippen LogP contribution is 2.34. The highest BCUT2D eigenvalue weighted by Gasteiger charge is 2.36. The van der Waals surface area contributed by atoms with Gasteiger partial charge in [-0.25, -0.2) is 9.59 Å². The molecule has 3 fully saturated rings. The van der Waals surface area contributed by atoms with Crippen LogP contribution in [0.25, 0.3) is 0 Å². The topological polar surface area (TPSA) is 131 Å². The molecule has 6 amide bonds. The van der Waals surface area contributed by atoms with E-state index in [9.17, 15) is 19.2 Å². The first-order chi connectivity index (χ1) is 23.1. The van der Waals surface area contributed by atoms with Crippen molar-refractivity contribution >= 4 is 67.1 Å². The highest BCUT2D eigenvalue weighted by atomic mass is 79.9. The Bertz CT molecular complexity index is 1510. The Morgan fingerprint density at radius 3 is 2.04 bits per heavy atom. The lowest BCUT2D eigenvalue weighted by atomic mass is 9.78. The molecule has 11 nitrogen and oxygen atoms in total. The minimum Gasteiger partial charge on any atom is -0.397 e. The second-order valence-corrected chi connectivity index (χ2v) is 15.3. The minimum atomic E-state index is -0.739. The maximum atomic E-state index is 14.1. The van der Waals surface area contributed by atoms with Crippen LogP contribution in [0.3, 0.4) is 0 Å². The van der Waals surface area contributed by atoms with Crippen LogP contribution in [0.5, 0.6) is 0 Å². The third kappa shape index (κ3) is 7.77. The molecule has 6 rings (SSSR count). The van der Waals surface area contributed by atoms with Gasteiger partial charge in [0.05, 0.1) is 5.69 Å². The molecule has 48 heavy (non-hydrogen) atoms. The van der Waals surface area contributed by atoms with Gasteiger partial charge in [-0.15, -0.1) is 0 Å². The summed E-state index contributed by atoms with van der Waals surface area (Å²) in [6.45, 7) is 6.13. The summed E-state index contributed by atoms with van der Waals surface area (Å²) < 4.78 is 1.46. The van der Waals surface area contributed by atoms with Crippen LogP contribution in [0.4, 0.5) is 21.0 Å². The number of nitrogens with one attached hydrogen (secondary N) is 2. The van der Waals surface area contributed by atoms with E-state index in [-0.39, 0.29) is 29.9 Å². The molecule has 0 spiro atoms. The van der Waals surface area contributed by atoms with Crippen LogP contribution in [0, 0.1) is 11.8 Å². The summed E-state index contributed by atoms with van der Waals surface area (Å²) in [7, 11) is 0. The third-order valence-corrected chi connectivity index (χ3v) is 12.0. The van der Waals surface area contributed by atoms with Crippen LogP contribution in [0.1, 0.15) is 56.6 Å². The van der Waals surface area contributed by atoms with Gasteiger partial charge in [-0.2, -0.15) is 0 Å². The number of nitrogens with two attached hydrogens (primary N) is 1. The number of para-hydroxylation sites is 1. The fourth-order valence-corrected chi connectivity index (χ4v) is 9.11. The maximum Gasteiger partial charge on any atom is 0.322 e. The van der Waals surface area contributed by atoms with Gasteiger partial charge in [-0.05, 0) is 112 Å². The Labute approximate surface area is 299 Å². The minimum absolute atomic E-state index is 0.0281. The summed E-state index contributed by atoms with van der Waals surface area (Å²) in [5.74, 6) is 1.19. The van der Waals surface area contributed by atoms with Crippen LogP contribution >= 0.6 is 31.9 Å². The lowest BCUT2D eigenvalue weighted by Crippen LogP contribution is -2.57. The molecule has 4 aliphatic rings. The summed E-state index contributed by atoms with van der Waals surface area (Å²) >= 11 is 7.04. The van der Waals surface area contributed by atoms with Crippen molar-refractivity contribution in [2.45, 2.75) is 70.5 Å². The molecule has 0 unspecified atom stereocenters. The average Bonchev–Trinajstić information content (AvgIpc) is 3.10. The Kier molecular flexibility index (Phi) is 10.8. The molecular weight excluding hydrogens is 742 g/mol. The Balaban J connectivity index is 1.08. The number of halogens is 2. The summed E-state index contributed by atoms with van der Waals surface area (Å²) in [5.41, 5.74) is 9.53. The quantitative estimate of drug-likeness (QED) is 0.337. The lowest BCUT2D eigenvalue weighted by molar-refractivity contribution is -0.135. The normalized spacial score (nSPS) is 20.3. The number of benzene rings is 2. The number of piperidine rings is 3. The highest BCUT2D eigenvalue weighted by molar-refractivity contribution is 9.11. The number of nitrogen functional groups attached to an aromatic ring is 1. The predicted molar refractivity (Wildman–Crippen MR) is 192 cm³/mol. The number of fused-ring (bicyclic) bond motifs is 1. The largest absolute Gasteiger partial charge is 0.397 e. The zero-order valence-corrected chi connectivity index (χ0v) is 30.6. The number of likely N-dealkylation sites (tertiary alicyclic amines) is 3. The van der Waals surface area contributed by atoms with Crippen LogP contribution in [0.2, 0.25) is 0 Å². The van der Waals surface area contributed by atoms with Gasteiger partial charge in [0.1, 0.15) is 6.04 Å². The van der Waals surface area contributed by atoms with E-state index < -0.39 is 6.04 Å². The van der Waals surface area contributed by atoms with Crippen LogP contribution in [-0.4, -0.2) is 94.8 Å². The number of rotatable bonds is 6. The fourth-order valence-electron chi connectivity index (χ4n) is 7.83. The second-order valence-electron chi connectivity index (χ2n) is 13.6. The molecule has 13 heteroatoms. The van der Waals surface area contributed by atoms with E-state index in [4.69, 9.17) is 5.73 Å². The van der Waals surface area contributed by atoms with Gasteiger partial charge in [-0.3, -0.25) is 9.59 Å². The Morgan fingerprint density at radius 1 is 0.875 bits per heavy atom. The number of anilines is 2. The average molecular weight is 788 g/mol. The Hall–Kier alpha value is -3.32. The number of hydrogen-bond acceptors (Lipinski definition) is 5. The first-order valence-electron chi connectivity index (χ1n) is 17.1. The molecular formula is C35H45Br2N7O4. The smallest absolute Gasteiger partial charge is 0.322 e. The van der Waals surface area contributed by atoms with Crippen molar-refractivity contribution in [3.8, 4) is 0 Å². The van der Waals surface area contributed by atoms with E-state index in [1.807, 2.05) is 51.1 Å².